The van der Waals surface area contributed by atoms with E-state index in [1.807, 2.05) is 48.5 Å². The van der Waals surface area contributed by atoms with E-state index in [0.717, 1.165) is 16.8 Å². The van der Waals surface area contributed by atoms with Gasteiger partial charge in [0.1, 0.15) is 0 Å². The fraction of sp³-hybridized carbons (Fsp3) is 0. The average molecular weight is 262 g/mol. The molecule has 0 bridgehead atoms. The lowest BCUT2D eigenvalue weighted by molar-refractivity contribution is 0.543. The smallest absolute Gasteiger partial charge is 0.347 e. The van der Waals surface area contributed by atoms with Gasteiger partial charge in [0, 0.05) is 11.6 Å². The quantitative estimate of drug-likeness (QED) is 0.529. The zero-order chi connectivity index (χ0) is 13.5. The zero-order valence-corrected chi connectivity index (χ0v) is 10.5. The lowest BCUT2D eigenvalue weighted by atomic mass is 10.2. The molecule has 0 N–H and O–H groups in total. The molecule has 20 heavy (non-hydrogen) atoms. The predicted molar refractivity (Wildman–Crippen MR) is 76.7 cm³/mol. The van der Waals surface area contributed by atoms with Crippen molar-refractivity contribution in [1.29, 1.82) is 0 Å². The Hall–Kier alpha value is -2.88. The Balaban J connectivity index is 2.10. The van der Waals surface area contributed by atoms with Crippen LogP contribution >= 0.6 is 0 Å². The lowest BCUT2D eigenvalue weighted by Gasteiger charge is -1.98. The molecule has 0 spiro atoms. The van der Waals surface area contributed by atoms with Crippen LogP contribution in [0.4, 0.5) is 0 Å². The molecule has 4 aromatic rings. The average Bonchev–Trinajstić information content (AvgIpc) is 2.93. The summed E-state index contributed by atoms with van der Waals surface area (Å²) in [7, 11) is 0. The van der Waals surface area contributed by atoms with Crippen LogP contribution in [0, 0.1) is 0 Å². The van der Waals surface area contributed by atoms with Gasteiger partial charge >= 0.3 is 5.63 Å². The summed E-state index contributed by atoms with van der Waals surface area (Å²) in [6, 6.07) is 18.9. The second-order valence-electron chi connectivity index (χ2n) is 4.55. The van der Waals surface area contributed by atoms with Crippen LogP contribution in [0.3, 0.4) is 0 Å². The first-order chi connectivity index (χ1) is 9.83. The van der Waals surface area contributed by atoms with Gasteiger partial charge in [-0.1, -0.05) is 42.5 Å². The molecule has 0 radical (unpaired) electrons. The molecular formula is C16H10N2O2. The van der Waals surface area contributed by atoms with E-state index < -0.39 is 0 Å². The third kappa shape index (κ3) is 1.55. The highest BCUT2D eigenvalue weighted by atomic mass is 16.4. The van der Waals surface area contributed by atoms with Crippen molar-refractivity contribution in [3.05, 3.63) is 71.1 Å². The minimum Gasteiger partial charge on any atom is -0.404 e. The van der Waals surface area contributed by atoms with E-state index in [1.165, 1.54) is 0 Å². The van der Waals surface area contributed by atoms with Crippen LogP contribution in [0.15, 0.2) is 69.9 Å². The molecule has 0 aliphatic rings. The Kier molecular flexibility index (Phi) is 2.23. The van der Waals surface area contributed by atoms with Gasteiger partial charge in [-0.15, -0.1) is 0 Å². The normalized spacial score (nSPS) is 11.2. The third-order valence-electron chi connectivity index (χ3n) is 3.30. The van der Waals surface area contributed by atoms with Crippen LogP contribution < -0.4 is 5.63 Å². The van der Waals surface area contributed by atoms with Gasteiger partial charge in [0.15, 0.2) is 0 Å². The molecule has 96 valence electrons. The van der Waals surface area contributed by atoms with Gasteiger partial charge in [0.25, 0.3) is 0 Å². The van der Waals surface area contributed by atoms with Crippen molar-refractivity contribution in [3.63, 3.8) is 0 Å². The van der Waals surface area contributed by atoms with Crippen LogP contribution in [0.25, 0.3) is 27.9 Å². The van der Waals surface area contributed by atoms with Gasteiger partial charge < -0.3 is 4.42 Å². The first kappa shape index (κ1) is 11.0. The van der Waals surface area contributed by atoms with Crippen LogP contribution in [0.1, 0.15) is 0 Å². The maximum absolute atomic E-state index is 11.9. The van der Waals surface area contributed by atoms with E-state index in [0.29, 0.717) is 11.1 Å². The Bertz CT molecular complexity index is 968. The number of nitrogens with zero attached hydrogens (tertiary/aromatic N) is 2. The highest BCUT2D eigenvalue weighted by molar-refractivity contribution is 5.80. The minimum absolute atomic E-state index is 0.340. The number of rotatable bonds is 1. The molecule has 2 aromatic carbocycles. The van der Waals surface area contributed by atoms with E-state index >= 15 is 0 Å². The fourth-order valence-corrected chi connectivity index (χ4v) is 2.34. The standard InChI is InChI=1S/C16H10N2O2/c19-16-12-8-4-5-9-14(12)18-15(20-16)10-13(17-18)11-6-2-1-3-7-11/h1-10H. The second kappa shape index (κ2) is 4.06. The number of hydrogen-bond acceptors (Lipinski definition) is 3. The number of benzene rings is 2. The van der Waals surface area contributed by atoms with E-state index in [-0.39, 0.29) is 5.63 Å². The van der Waals surface area contributed by atoms with Crippen molar-refractivity contribution in [2.45, 2.75) is 0 Å². The molecule has 0 amide bonds. The number of fused-ring (bicyclic) bond motifs is 3. The first-order valence-electron chi connectivity index (χ1n) is 6.30. The number of aromatic nitrogens is 2. The fourth-order valence-electron chi connectivity index (χ4n) is 2.34. The molecule has 0 aliphatic heterocycles. The molecule has 4 heteroatoms. The van der Waals surface area contributed by atoms with Gasteiger partial charge in [0.2, 0.25) is 5.71 Å². The van der Waals surface area contributed by atoms with Crippen molar-refractivity contribution < 1.29 is 4.42 Å². The number of hydrogen-bond donors (Lipinski definition) is 0. The SMILES string of the molecule is O=c1oc2cc(-c3ccccc3)nn2c2ccccc12. The van der Waals surface area contributed by atoms with Crippen molar-refractivity contribution in [1.82, 2.24) is 9.61 Å². The Morgan fingerprint density at radius 2 is 1.70 bits per heavy atom. The predicted octanol–water partition coefficient (Wildman–Crippen LogP) is 3.11. The van der Waals surface area contributed by atoms with Crippen LogP contribution in [0.2, 0.25) is 0 Å². The van der Waals surface area contributed by atoms with Crippen molar-refractivity contribution >= 4 is 16.6 Å². The Morgan fingerprint density at radius 3 is 2.55 bits per heavy atom. The van der Waals surface area contributed by atoms with Gasteiger partial charge in [-0.3, -0.25) is 0 Å². The molecule has 4 rings (SSSR count). The van der Waals surface area contributed by atoms with E-state index in [1.54, 1.807) is 16.6 Å². The van der Waals surface area contributed by atoms with Gasteiger partial charge in [-0.2, -0.15) is 9.61 Å². The summed E-state index contributed by atoms with van der Waals surface area (Å²) in [5, 5.41) is 5.07. The van der Waals surface area contributed by atoms with E-state index in [4.69, 9.17) is 4.42 Å². The van der Waals surface area contributed by atoms with Crippen LogP contribution in [-0.4, -0.2) is 9.61 Å². The molecule has 2 heterocycles. The third-order valence-corrected chi connectivity index (χ3v) is 3.30. The summed E-state index contributed by atoms with van der Waals surface area (Å²) in [6.45, 7) is 0. The summed E-state index contributed by atoms with van der Waals surface area (Å²) in [6.07, 6.45) is 0. The molecule has 0 aliphatic carbocycles. The van der Waals surface area contributed by atoms with Gasteiger partial charge in [-0.25, -0.2) is 4.79 Å². The molecule has 0 atom stereocenters. The van der Waals surface area contributed by atoms with Crippen molar-refractivity contribution in [3.8, 4) is 11.3 Å². The summed E-state index contributed by atoms with van der Waals surface area (Å²) in [5.74, 6) is 0. The summed E-state index contributed by atoms with van der Waals surface area (Å²) < 4.78 is 6.99. The second-order valence-corrected chi connectivity index (χ2v) is 4.55. The maximum Gasteiger partial charge on any atom is 0.347 e. The van der Waals surface area contributed by atoms with E-state index in [9.17, 15) is 4.79 Å². The summed E-state index contributed by atoms with van der Waals surface area (Å²) >= 11 is 0. The molecule has 2 aromatic heterocycles. The highest BCUT2D eigenvalue weighted by Crippen LogP contribution is 2.21. The van der Waals surface area contributed by atoms with E-state index in [2.05, 4.69) is 5.10 Å². The van der Waals surface area contributed by atoms with Crippen molar-refractivity contribution in [2.24, 2.45) is 0 Å². The topological polar surface area (TPSA) is 47.5 Å². The summed E-state index contributed by atoms with van der Waals surface area (Å²) in [5.41, 5.74) is 2.63. The molecule has 4 nitrogen and oxygen atoms in total. The largest absolute Gasteiger partial charge is 0.404 e. The first-order valence-corrected chi connectivity index (χ1v) is 6.30. The maximum atomic E-state index is 11.9. The monoisotopic (exact) mass is 262 g/mol. The molecule has 0 saturated heterocycles. The van der Waals surface area contributed by atoms with Gasteiger partial charge in [0.05, 0.1) is 16.6 Å². The Labute approximate surface area is 113 Å². The van der Waals surface area contributed by atoms with Gasteiger partial charge in [-0.05, 0) is 12.1 Å². The molecule has 0 unspecified atom stereocenters. The highest BCUT2D eigenvalue weighted by Gasteiger charge is 2.10. The molecule has 0 fully saturated rings. The van der Waals surface area contributed by atoms with Crippen LogP contribution in [0.5, 0.6) is 0 Å². The minimum atomic E-state index is -0.340. The molecular weight excluding hydrogens is 252 g/mol. The number of para-hydroxylation sites is 1. The lowest BCUT2D eigenvalue weighted by Crippen LogP contribution is -2.03. The molecule has 0 saturated carbocycles. The Morgan fingerprint density at radius 1 is 0.950 bits per heavy atom. The zero-order valence-electron chi connectivity index (χ0n) is 10.5. The summed E-state index contributed by atoms with van der Waals surface area (Å²) in [4.78, 5) is 11.9. The van der Waals surface area contributed by atoms with Crippen molar-refractivity contribution in [2.75, 3.05) is 0 Å². The van der Waals surface area contributed by atoms with Crippen LogP contribution in [-0.2, 0) is 0 Å².